The molecule has 90 valence electrons. The lowest BCUT2D eigenvalue weighted by Gasteiger charge is -2.11. The fourth-order valence-electron chi connectivity index (χ4n) is 1.38. The molecular weight excluding hydrogens is 381 g/mol. The fourth-order valence-corrected chi connectivity index (χ4v) is 3.29. The number of hydrogen-bond donors (Lipinski definition) is 0. The third-order valence-electron chi connectivity index (χ3n) is 2.23. The summed E-state index contributed by atoms with van der Waals surface area (Å²) in [6.07, 6.45) is 1.49. The maximum atomic E-state index is 13.2. The number of halogens is 5. The maximum Gasteiger partial charge on any atom is 0.173 e. The maximum absolute atomic E-state index is 13.2. The highest BCUT2D eigenvalue weighted by molar-refractivity contribution is 9.10. The van der Waals surface area contributed by atoms with Crippen molar-refractivity contribution in [2.45, 2.75) is 4.83 Å². The van der Waals surface area contributed by atoms with Gasteiger partial charge in [0.1, 0.15) is 0 Å². The quantitative estimate of drug-likeness (QED) is 0.494. The van der Waals surface area contributed by atoms with Crippen molar-refractivity contribution in [3.63, 3.8) is 0 Å². The van der Waals surface area contributed by atoms with Crippen LogP contribution in [0.2, 0.25) is 5.02 Å². The lowest BCUT2D eigenvalue weighted by molar-refractivity contribution is 0.507. The van der Waals surface area contributed by atoms with Gasteiger partial charge in [0.25, 0.3) is 0 Å². The predicted octanol–water partition coefficient (Wildman–Crippen LogP) is 5.46. The van der Waals surface area contributed by atoms with Gasteiger partial charge in [-0.3, -0.25) is 0 Å². The van der Waals surface area contributed by atoms with E-state index in [0.717, 1.165) is 17.7 Å². The van der Waals surface area contributed by atoms with E-state index in [-0.39, 0.29) is 9.85 Å². The molecule has 2 rings (SSSR count). The Labute approximate surface area is 118 Å². The summed E-state index contributed by atoms with van der Waals surface area (Å²) in [5, 5.41) is 0.152. The molecule has 0 N–H and O–H groups in total. The fraction of sp³-hybridized carbons (Fsp3) is 0.0909. The predicted molar refractivity (Wildman–Crippen MR) is 68.5 cm³/mol. The normalized spacial score (nSPS) is 12.8. The van der Waals surface area contributed by atoms with E-state index in [9.17, 15) is 8.78 Å². The second-order valence-electron chi connectivity index (χ2n) is 3.30. The molecular formula is C11H5Br2ClF2O. The SMILES string of the molecule is Fc1cc(Cl)c(C(Br)c2ccoc2Br)cc1F. The molecule has 1 aromatic heterocycles. The molecule has 0 aliphatic carbocycles. The third kappa shape index (κ3) is 2.56. The van der Waals surface area contributed by atoms with Gasteiger partial charge in [-0.2, -0.15) is 0 Å². The Bertz CT molecular complexity index is 556. The summed E-state index contributed by atoms with van der Waals surface area (Å²) < 4.78 is 31.7. The molecule has 0 aliphatic rings. The Kier molecular flexibility index (Phi) is 3.90. The van der Waals surface area contributed by atoms with Crippen LogP contribution in [-0.2, 0) is 0 Å². The number of alkyl halides is 1. The zero-order valence-corrected chi connectivity index (χ0v) is 12.1. The number of hydrogen-bond acceptors (Lipinski definition) is 1. The van der Waals surface area contributed by atoms with Crippen LogP contribution in [0.5, 0.6) is 0 Å². The van der Waals surface area contributed by atoms with Gasteiger partial charge in [0, 0.05) is 10.6 Å². The van der Waals surface area contributed by atoms with Gasteiger partial charge >= 0.3 is 0 Å². The molecule has 0 saturated heterocycles. The van der Waals surface area contributed by atoms with Gasteiger partial charge in [-0.25, -0.2) is 8.78 Å². The molecule has 1 heterocycles. The van der Waals surface area contributed by atoms with Crippen molar-refractivity contribution in [2.75, 3.05) is 0 Å². The van der Waals surface area contributed by atoms with E-state index >= 15 is 0 Å². The Morgan fingerprint density at radius 1 is 1.18 bits per heavy atom. The van der Waals surface area contributed by atoms with Crippen molar-refractivity contribution >= 4 is 43.5 Å². The minimum absolute atomic E-state index is 0.152. The topological polar surface area (TPSA) is 13.1 Å². The van der Waals surface area contributed by atoms with Crippen molar-refractivity contribution in [3.8, 4) is 0 Å². The summed E-state index contributed by atoms with van der Waals surface area (Å²) in [7, 11) is 0. The summed E-state index contributed by atoms with van der Waals surface area (Å²) in [5.74, 6) is -1.90. The molecule has 0 fully saturated rings. The summed E-state index contributed by atoms with van der Waals surface area (Å²) in [6, 6.07) is 3.73. The van der Waals surface area contributed by atoms with E-state index in [1.165, 1.54) is 6.26 Å². The Balaban J connectivity index is 2.48. The van der Waals surface area contributed by atoms with Crippen molar-refractivity contribution in [2.24, 2.45) is 0 Å². The van der Waals surface area contributed by atoms with Gasteiger partial charge in [0.15, 0.2) is 16.3 Å². The molecule has 0 amide bonds. The highest BCUT2D eigenvalue weighted by Gasteiger charge is 2.20. The number of furan rings is 1. The Morgan fingerprint density at radius 3 is 2.41 bits per heavy atom. The van der Waals surface area contributed by atoms with Gasteiger partial charge in [-0.1, -0.05) is 27.5 Å². The second-order valence-corrected chi connectivity index (χ2v) is 5.34. The monoisotopic (exact) mass is 384 g/mol. The molecule has 6 heteroatoms. The van der Waals surface area contributed by atoms with Crippen molar-refractivity contribution in [3.05, 3.63) is 56.9 Å². The molecule has 1 nitrogen and oxygen atoms in total. The Morgan fingerprint density at radius 2 is 1.82 bits per heavy atom. The highest BCUT2D eigenvalue weighted by atomic mass is 79.9. The first-order valence-electron chi connectivity index (χ1n) is 4.52. The summed E-state index contributed by atoms with van der Waals surface area (Å²) >= 11 is 12.5. The average Bonchev–Trinajstić information content (AvgIpc) is 2.69. The van der Waals surface area contributed by atoms with E-state index < -0.39 is 11.6 Å². The smallest absolute Gasteiger partial charge is 0.173 e. The van der Waals surface area contributed by atoms with E-state index in [1.807, 2.05) is 0 Å². The van der Waals surface area contributed by atoms with Gasteiger partial charge in [0.05, 0.1) is 11.1 Å². The highest BCUT2D eigenvalue weighted by Crippen LogP contribution is 2.39. The van der Waals surface area contributed by atoms with Crippen LogP contribution in [0.15, 0.2) is 33.5 Å². The van der Waals surface area contributed by atoms with Crippen LogP contribution in [0.1, 0.15) is 16.0 Å². The third-order valence-corrected chi connectivity index (χ3v) is 4.19. The first kappa shape index (κ1) is 13.1. The van der Waals surface area contributed by atoms with Crippen molar-refractivity contribution < 1.29 is 13.2 Å². The van der Waals surface area contributed by atoms with Crippen LogP contribution in [0, 0.1) is 11.6 Å². The summed E-state index contributed by atoms with van der Waals surface area (Å²) in [6.45, 7) is 0. The van der Waals surface area contributed by atoms with Crippen LogP contribution < -0.4 is 0 Å². The molecule has 0 saturated carbocycles. The van der Waals surface area contributed by atoms with Crippen LogP contribution in [0.3, 0.4) is 0 Å². The molecule has 1 aromatic carbocycles. The standard InChI is InChI=1S/C11H5Br2ClF2O/c12-10(5-1-2-17-11(5)13)6-3-8(15)9(16)4-7(6)14/h1-4,10H. The van der Waals surface area contributed by atoms with E-state index in [0.29, 0.717) is 10.2 Å². The van der Waals surface area contributed by atoms with Gasteiger partial charge in [0.2, 0.25) is 0 Å². The molecule has 0 radical (unpaired) electrons. The number of rotatable bonds is 2. The summed E-state index contributed by atoms with van der Waals surface area (Å²) in [5.41, 5.74) is 1.19. The van der Waals surface area contributed by atoms with E-state index in [4.69, 9.17) is 16.0 Å². The number of benzene rings is 1. The zero-order valence-electron chi connectivity index (χ0n) is 8.18. The van der Waals surface area contributed by atoms with Crippen LogP contribution in [0.25, 0.3) is 0 Å². The minimum atomic E-state index is -0.968. The van der Waals surface area contributed by atoms with Crippen molar-refractivity contribution in [1.29, 1.82) is 0 Å². The van der Waals surface area contributed by atoms with Crippen LogP contribution in [-0.4, -0.2) is 0 Å². The molecule has 1 unspecified atom stereocenters. The summed E-state index contributed by atoms with van der Waals surface area (Å²) in [4.78, 5) is -0.377. The van der Waals surface area contributed by atoms with Crippen LogP contribution in [0.4, 0.5) is 8.78 Å². The molecule has 0 bridgehead atoms. The largest absolute Gasteiger partial charge is 0.457 e. The lowest BCUT2D eigenvalue weighted by Crippen LogP contribution is -1.96. The average molecular weight is 386 g/mol. The minimum Gasteiger partial charge on any atom is -0.457 e. The first-order valence-corrected chi connectivity index (χ1v) is 6.60. The molecule has 17 heavy (non-hydrogen) atoms. The first-order chi connectivity index (χ1) is 8.00. The Hall–Kier alpha value is -0.390. The van der Waals surface area contributed by atoms with E-state index in [2.05, 4.69) is 31.9 Å². The van der Waals surface area contributed by atoms with Crippen LogP contribution >= 0.6 is 43.5 Å². The van der Waals surface area contributed by atoms with Gasteiger partial charge < -0.3 is 4.42 Å². The lowest BCUT2D eigenvalue weighted by atomic mass is 10.1. The van der Waals surface area contributed by atoms with Crippen molar-refractivity contribution in [1.82, 2.24) is 0 Å². The zero-order chi connectivity index (χ0) is 12.6. The van der Waals surface area contributed by atoms with E-state index in [1.54, 1.807) is 6.07 Å². The second kappa shape index (κ2) is 5.08. The molecule has 1 atom stereocenters. The van der Waals surface area contributed by atoms with Gasteiger partial charge in [-0.05, 0) is 39.7 Å². The van der Waals surface area contributed by atoms with Gasteiger partial charge in [-0.15, -0.1) is 0 Å². The molecule has 0 aliphatic heterocycles. The molecule has 2 aromatic rings. The molecule has 0 spiro atoms.